The summed E-state index contributed by atoms with van der Waals surface area (Å²) in [7, 11) is 0. The molecule has 0 aromatic heterocycles. The van der Waals surface area contributed by atoms with Crippen molar-refractivity contribution in [3.05, 3.63) is 64.7 Å². The van der Waals surface area contributed by atoms with Crippen LogP contribution in [0.3, 0.4) is 0 Å². The van der Waals surface area contributed by atoms with Crippen molar-refractivity contribution in [2.45, 2.75) is 39.2 Å². The Bertz CT molecular complexity index is 533. The number of aryl methyl sites for hydroxylation is 1. The third-order valence-electron chi connectivity index (χ3n) is 3.53. The van der Waals surface area contributed by atoms with E-state index in [1.807, 2.05) is 12.1 Å². The van der Waals surface area contributed by atoms with Gasteiger partial charge in [0.2, 0.25) is 0 Å². The highest BCUT2D eigenvalue weighted by Crippen LogP contribution is 2.25. The molecule has 1 nitrogen and oxygen atoms in total. The van der Waals surface area contributed by atoms with Gasteiger partial charge in [-0.3, -0.25) is 0 Å². The van der Waals surface area contributed by atoms with Crippen LogP contribution in [-0.4, -0.2) is 0 Å². The van der Waals surface area contributed by atoms with Crippen LogP contribution in [0.15, 0.2) is 48.5 Å². The lowest BCUT2D eigenvalue weighted by Gasteiger charge is -2.20. The molecule has 1 N–H and O–H groups in total. The van der Waals surface area contributed by atoms with Crippen LogP contribution < -0.4 is 5.32 Å². The molecular weight excluding hydrogens is 266 g/mol. The van der Waals surface area contributed by atoms with Crippen molar-refractivity contribution in [2.75, 3.05) is 5.32 Å². The molecule has 0 heterocycles. The van der Waals surface area contributed by atoms with Crippen LogP contribution in [0.4, 0.5) is 5.69 Å². The van der Waals surface area contributed by atoms with Crippen molar-refractivity contribution < 1.29 is 0 Å². The van der Waals surface area contributed by atoms with Crippen LogP contribution in [0.1, 0.15) is 43.9 Å². The normalized spacial score (nSPS) is 12.2. The Labute approximate surface area is 127 Å². The van der Waals surface area contributed by atoms with Gasteiger partial charge in [0.15, 0.2) is 0 Å². The molecule has 2 heteroatoms. The Morgan fingerprint density at radius 1 is 1.05 bits per heavy atom. The predicted octanol–water partition coefficient (Wildman–Crippen LogP) is 5.86. The van der Waals surface area contributed by atoms with Crippen LogP contribution in [0.25, 0.3) is 0 Å². The van der Waals surface area contributed by atoms with Crippen molar-refractivity contribution in [3.8, 4) is 0 Å². The van der Waals surface area contributed by atoms with Crippen LogP contribution in [0.5, 0.6) is 0 Å². The lowest BCUT2D eigenvalue weighted by molar-refractivity contribution is 0.677. The minimum atomic E-state index is 0.337. The number of halogens is 1. The molecule has 0 aliphatic rings. The number of hydrogen-bond donors (Lipinski definition) is 1. The van der Waals surface area contributed by atoms with Crippen LogP contribution in [-0.2, 0) is 6.42 Å². The highest BCUT2D eigenvalue weighted by Gasteiger charge is 2.10. The maximum absolute atomic E-state index is 5.97. The largest absolute Gasteiger partial charge is 0.378 e. The van der Waals surface area contributed by atoms with Gasteiger partial charge in [-0.1, -0.05) is 56.1 Å². The van der Waals surface area contributed by atoms with Gasteiger partial charge >= 0.3 is 0 Å². The van der Waals surface area contributed by atoms with Gasteiger partial charge in [0.05, 0.1) is 6.04 Å². The first-order valence-corrected chi connectivity index (χ1v) is 7.71. The molecule has 2 rings (SSSR count). The number of anilines is 1. The molecule has 1 unspecified atom stereocenters. The summed E-state index contributed by atoms with van der Waals surface area (Å²) in [5.74, 6) is 0. The van der Waals surface area contributed by atoms with E-state index in [-0.39, 0.29) is 0 Å². The van der Waals surface area contributed by atoms with Gasteiger partial charge in [-0.05, 0) is 48.2 Å². The highest BCUT2D eigenvalue weighted by molar-refractivity contribution is 6.30. The third-order valence-corrected chi connectivity index (χ3v) is 3.78. The smallest absolute Gasteiger partial charge is 0.0513 e. The zero-order valence-electron chi connectivity index (χ0n) is 12.2. The molecule has 0 bridgehead atoms. The van der Waals surface area contributed by atoms with E-state index in [4.69, 9.17) is 11.6 Å². The first-order chi connectivity index (χ1) is 9.72. The average molecular weight is 288 g/mol. The summed E-state index contributed by atoms with van der Waals surface area (Å²) < 4.78 is 0. The maximum Gasteiger partial charge on any atom is 0.0513 e. The fraction of sp³-hybridized carbons (Fsp3) is 0.333. The molecule has 0 aliphatic carbocycles. The number of hydrogen-bond acceptors (Lipinski definition) is 1. The quantitative estimate of drug-likeness (QED) is 0.702. The van der Waals surface area contributed by atoms with Crippen molar-refractivity contribution >= 4 is 17.3 Å². The molecule has 0 saturated carbocycles. The fourth-order valence-electron chi connectivity index (χ4n) is 2.39. The molecule has 2 aromatic carbocycles. The second kappa shape index (κ2) is 7.35. The van der Waals surface area contributed by atoms with Gasteiger partial charge in [0, 0.05) is 10.7 Å². The van der Waals surface area contributed by atoms with Gasteiger partial charge in [0.1, 0.15) is 0 Å². The van der Waals surface area contributed by atoms with Crippen molar-refractivity contribution in [2.24, 2.45) is 0 Å². The monoisotopic (exact) mass is 287 g/mol. The molecule has 0 spiro atoms. The molecule has 0 saturated heterocycles. The minimum Gasteiger partial charge on any atom is -0.378 e. The Kier molecular flexibility index (Phi) is 5.49. The highest BCUT2D eigenvalue weighted by atomic mass is 35.5. The summed E-state index contributed by atoms with van der Waals surface area (Å²) >= 11 is 5.97. The van der Waals surface area contributed by atoms with Gasteiger partial charge in [0.25, 0.3) is 0 Å². The molecule has 2 aromatic rings. The first kappa shape index (κ1) is 14.9. The van der Waals surface area contributed by atoms with E-state index in [1.54, 1.807) is 0 Å². The minimum absolute atomic E-state index is 0.337. The van der Waals surface area contributed by atoms with Gasteiger partial charge in [-0.2, -0.15) is 0 Å². The molecule has 0 radical (unpaired) electrons. The van der Waals surface area contributed by atoms with Crippen LogP contribution in [0.2, 0.25) is 5.02 Å². The zero-order valence-corrected chi connectivity index (χ0v) is 13.0. The molecule has 20 heavy (non-hydrogen) atoms. The Balaban J connectivity index is 2.18. The fourth-order valence-corrected chi connectivity index (χ4v) is 2.51. The van der Waals surface area contributed by atoms with Crippen LogP contribution >= 0.6 is 11.6 Å². The molecule has 1 atom stereocenters. The Morgan fingerprint density at radius 3 is 2.45 bits per heavy atom. The summed E-state index contributed by atoms with van der Waals surface area (Å²) in [5, 5.41) is 4.44. The maximum atomic E-state index is 5.97. The third kappa shape index (κ3) is 4.01. The molecular formula is C18H22ClN. The van der Waals surface area contributed by atoms with E-state index in [1.165, 1.54) is 16.8 Å². The number of nitrogens with one attached hydrogen (secondary N) is 1. The van der Waals surface area contributed by atoms with E-state index in [0.29, 0.717) is 6.04 Å². The molecule has 0 amide bonds. The van der Waals surface area contributed by atoms with E-state index in [9.17, 15) is 0 Å². The van der Waals surface area contributed by atoms with Crippen LogP contribution in [0, 0.1) is 0 Å². The topological polar surface area (TPSA) is 12.0 Å². The lowest BCUT2D eigenvalue weighted by Crippen LogP contribution is -2.10. The predicted molar refractivity (Wildman–Crippen MR) is 88.5 cm³/mol. The SMILES string of the molecule is CCCC(Nc1cccc(CC)c1)c1ccc(Cl)cc1. The first-order valence-electron chi connectivity index (χ1n) is 7.34. The van der Waals surface area contributed by atoms with E-state index < -0.39 is 0 Å². The number of rotatable bonds is 6. The second-order valence-corrected chi connectivity index (χ2v) is 5.53. The van der Waals surface area contributed by atoms with Crippen molar-refractivity contribution in [3.63, 3.8) is 0 Å². The van der Waals surface area contributed by atoms with E-state index in [2.05, 4.69) is 55.6 Å². The molecule has 106 valence electrons. The Morgan fingerprint density at radius 2 is 1.80 bits per heavy atom. The summed E-state index contributed by atoms with van der Waals surface area (Å²) in [6.45, 7) is 4.40. The lowest BCUT2D eigenvalue weighted by atomic mass is 10.0. The van der Waals surface area contributed by atoms with E-state index in [0.717, 1.165) is 24.3 Å². The van der Waals surface area contributed by atoms with Gasteiger partial charge in [-0.25, -0.2) is 0 Å². The van der Waals surface area contributed by atoms with Crippen molar-refractivity contribution in [1.82, 2.24) is 0 Å². The average Bonchev–Trinajstić information content (AvgIpc) is 2.48. The van der Waals surface area contributed by atoms with Gasteiger partial charge < -0.3 is 5.32 Å². The number of benzene rings is 2. The molecule has 0 fully saturated rings. The summed E-state index contributed by atoms with van der Waals surface area (Å²) in [4.78, 5) is 0. The Hall–Kier alpha value is -1.47. The summed E-state index contributed by atoms with van der Waals surface area (Å²) in [5.41, 5.74) is 3.84. The second-order valence-electron chi connectivity index (χ2n) is 5.09. The van der Waals surface area contributed by atoms with E-state index >= 15 is 0 Å². The van der Waals surface area contributed by atoms with Crippen molar-refractivity contribution in [1.29, 1.82) is 0 Å². The summed E-state index contributed by atoms with van der Waals surface area (Å²) in [6, 6.07) is 17.1. The standard InChI is InChI=1S/C18H22ClN/c1-3-6-18(15-9-11-16(19)12-10-15)20-17-8-5-7-14(4-2)13-17/h5,7-13,18,20H,3-4,6H2,1-2H3. The molecule has 0 aliphatic heterocycles. The van der Waals surface area contributed by atoms with Gasteiger partial charge in [-0.15, -0.1) is 0 Å². The summed E-state index contributed by atoms with van der Waals surface area (Å²) in [6.07, 6.45) is 3.32. The zero-order chi connectivity index (χ0) is 14.4.